The molecule has 0 rings (SSSR count). The second-order valence-corrected chi connectivity index (χ2v) is 7.28. The van der Waals surface area contributed by atoms with E-state index in [4.69, 9.17) is 11.6 Å². The predicted molar refractivity (Wildman–Crippen MR) is 108 cm³/mol. The van der Waals surface area contributed by atoms with Crippen LogP contribution in [0.2, 0.25) is 0 Å². The highest BCUT2D eigenvalue weighted by Crippen LogP contribution is 2.19. The fraction of sp³-hybridized carbons (Fsp3) is 0.526. The SMILES string of the molecule is C=C(Cl)C/C=C\CC(=C/NC(CO)C(C)(C)C)/C=C/C(O)N/C=N\C. The van der Waals surface area contributed by atoms with E-state index in [1.54, 1.807) is 13.1 Å². The molecule has 2 atom stereocenters. The van der Waals surface area contributed by atoms with Crippen LogP contribution in [-0.2, 0) is 0 Å². The summed E-state index contributed by atoms with van der Waals surface area (Å²) >= 11 is 5.75. The van der Waals surface area contributed by atoms with Crippen LogP contribution >= 0.6 is 11.6 Å². The first-order chi connectivity index (χ1) is 11.7. The summed E-state index contributed by atoms with van der Waals surface area (Å²) in [5, 5.41) is 25.9. The molecule has 0 spiro atoms. The minimum Gasteiger partial charge on any atom is -0.394 e. The van der Waals surface area contributed by atoms with Gasteiger partial charge in [-0.3, -0.25) is 4.99 Å². The van der Waals surface area contributed by atoms with Gasteiger partial charge >= 0.3 is 0 Å². The van der Waals surface area contributed by atoms with Gasteiger partial charge in [0.2, 0.25) is 0 Å². The molecule has 0 aromatic heterocycles. The summed E-state index contributed by atoms with van der Waals surface area (Å²) in [6.45, 7) is 9.88. The van der Waals surface area contributed by atoms with Gasteiger partial charge in [0.15, 0.2) is 0 Å². The number of nitrogens with one attached hydrogen (secondary N) is 2. The van der Waals surface area contributed by atoms with Gasteiger partial charge in [0.25, 0.3) is 0 Å². The maximum absolute atomic E-state index is 9.80. The van der Waals surface area contributed by atoms with Crippen LogP contribution in [0.5, 0.6) is 0 Å². The molecule has 0 aromatic carbocycles. The molecule has 0 aliphatic rings. The molecule has 0 aliphatic carbocycles. The van der Waals surface area contributed by atoms with Crippen molar-refractivity contribution in [1.29, 1.82) is 0 Å². The molecule has 0 saturated heterocycles. The summed E-state index contributed by atoms with van der Waals surface area (Å²) in [6.07, 6.45) is 11.1. The van der Waals surface area contributed by atoms with Crippen LogP contribution in [0.3, 0.4) is 0 Å². The standard InChI is InChI=1S/C19H32ClN3O2/c1-15(20)8-6-7-9-16(10-11-18(25)23-14-21-5)12-22-17(13-24)19(2,3)4/h6-7,10-12,14,17-18,22,24-25H,1,8-9,13H2,2-5H3,(H,21,23)/b7-6-,11-10+,16-12-. The quantitative estimate of drug-likeness (QED) is 0.148. The molecule has 25 heavy (non-hydrogen) atoms. The molecule has 0 radical (unpaired) electrons. The Labute approximate surface area is 156 Å². The lowest BCUT2D eigenvalue weighted by Gasteiger charge is -2.29. The third-order valence-electron chi connectivity index (χ3n) is 3.42. The Morgan fingerprint density at radius 2 is 1.88 bits per heavy atom. The number of nitrogens with zero attached hydrogens (tertiary/aromatic N) is 1. The number of aliphatic hydroxyl groups excluding tert-OH is 2. The lowest BCUT2D eigenvalue weighted by atomic mass is 9.87. The molecule has 0 amide bonds. The Morgan fingerprint density at radius 1 is 1.24 bits per heavy atom. The van der Waals surface area contributed by atoms with E-state index in [0.717, 1.165) is 5.57 Å². The van der Waals surface area contributed by atoms with Crippen LogP contribution in [0.15, 0.2) is 52.7 Å². The molecule has 0 aliphatic heterocycles. The van der Waals surface area contributed by atoms with Crippen molar-refractivity contribution in [2.24, 2.45) is 10.4 Å². The molecular formula is C19H32ClN3O2. The zero-order chi connectivity index (χ0) is 19.3. The van der Waals surface area contributed by atoms with Crippen LogP contribution in [0.1, 0.15) is 33.6 Å². The first kappa shape index (κ1) is 23.4. The van der Waals surface area contributed by atoms with Crippen LogP contribution in [0, 0.1) is 5.41 Å². The fourth-order valence-corrected chi connectivity index (χ4v) is 1.90. The zero-order valence-electron chi connectivity index (χ0n) is 15.7. The number of rotatable bonds is 11. The molecular weight excluding hydrogens is 338 g/mol. The van der Waals surface area contributed by atoms with E-state index in [0.29, 0.717) is 17.9 Å². The van der Waals surface area contributed by atoms with E-state index >= 15 is 0 Å². The zero-order valence-corrected chi connectivity index (χ0v) is 16.4. The van der Waals surface area contributed by atoms with Gasteiger partial charge < -0.3 is 20.8 Å². The van der Waals surface area contributed by atoms with E-state index in [1.165, 1.54) is 6.34 Å². The Balaban J connectivity index is 5.03. The number of hydrogen-bond acceptors (Lipinski definition) is 4. The molecule has 2 unspecified atom stereocenters. The Hall–Kier alpha value is -1.56. The fourth-order valence-electron chi connectivity index (χ4n) is 1.81. The van der Waals surface area contributed by atoms with Crippen molar-refractivity contribution in [3.8, 4) is 0 Å². The van der Waals surface area contributed by atoms with Crippen molar-refractivity contribution in [2.45, 2.75) is 45.9 Å². The number of halogens is 1. The van der Waals surface area contributed by atoms with Gasteiger partial charge in [-0.25, -0.2) is 0 Å². The number of hydrogen-bond donors (Lipinski definition) is 4. The molecule has 6 heteroatoms. The van der Waals surface area contributed by atoms with E-state index < -0.39 is 6.23 Å². The first-order valence-corrected chi connectivity index (χ1v) is 8.65. The average molecular weight is 370 g/mol. The lowest BCUT2D eigenvalue weighted by molar-refractivity contribution is 0.170. The smallest absolute Gasteiger partial charge is 0.144 e. The Bertz CT molecular complexity index is 505. The summed E-state index contributed by atoms with van der Waals surface area (Å²) in [7, 11) is 1.62. The monoisotopic (exact) mass is 369 g/mol. The normalized spacial score (nSPS) is 15.9. The highest BCUT2D eigenvalue weighted by atomic mass is 35.5. The molecule has 0 fully saturated rings. The maximum atomic E-state index is 9.80. The van der Waals surface area contributed by atoms with Gasteiger partial charge in [0.1, 0.15) is 6.23 Å². The van der Waals surface area contributed by atoms with Gasteiger partial charge in [-0.05, 0) is 23.5 Å². The van der Waals surface area contributed by atoms with Crippen molar-refractivity contribution in [2.75, 3.05) is 13.7 Å². The lowest BCUT2D eigenvalue weighted by Crippen LogP contribution is -2.40. The number of allylic oxidation sites excluding steroid dienone is 5. The first-order valence-electron chi connectivity index (χ1n) is 8.27. The van der Waals surface area contributed by atoms with Crippen LogP contribution in [0.4, 0.5) is 0 Å². The highest BCUT2D eigenvalue weighted by Gasteiger charge is 2.22. The molecule has 0 aromatic rings. The summed E-state index contributed by atoms with van der Waals surface area (Å²) in [5.74, 6) is 0. The maximum Gasteiger partial charge on any atom is 0.144 e. The Morgan fingerprint density at radius 3 is 2.40 bits per heavy atom. The summed E-state index contributed by atoms with van der Waals surface area (Å²) in [4.78, 5) is 3.76. The summed E-state index contributed by atoms with van der Waals surface area (Å²) in [6, 6.07) is -0.0715. The second kappa shape index (κ2) is 12.8. The van der Waals surface area contributed by atoms with Crippen molar-refractivity contribution in [3.05, 3.63) is 47.7 Å². The van der Waals surface area contributed by atoms with Gasteiger partial charge in [0.05, 0.1) is 19.0 Å². The van der Waals surface area contributed by atoms with Gasteiger partial charge in [-0.2, -0.15) is 0 Å². The van der Waals surface area contributed by atoms with E-state index in [1.807, 2.05) is 24.4 Å². The second-order valence-electron chi connectivity index (χ2n) is 6.74. The van der Waals surface area contributed by atoms with Crippen molar-refractivity contribution in [3.63, 3.8) is 0 Å². The van der Waals surface area contributed by atoms with Gasteiger partial charge in [-0.15, -0.1) is 0 Å². The van der Waals surface area contributed by atoms with E-state index in [9.17, 15) is 10.2 Å². The molecule has 4 N–H and O–H groups in total. The van der Waals surface area contributed by atoms with Crippen molar-refractivity contribution >= 4 is 17.9 Å². The molecule has 0 bridgehead atoms. The Kier molecular flexibility index (Phi) is 12.0. The molecule has 142 valence electrons. The minimum absolute atomic E-state index is 0.0377. The third-order valence-corrected chi connectivity index (χ3v) is 3.58. The summed E-state index contributed by atoms with van der Waals surface area (Å²) < 4.78 is 0. The van der Waals surface area contributed by atoms with Crippen molar-refractivity contribution in [1.82, 2.24) is 10.6 Å². The molecule has 0 heterocycles. The van der Waals surface area contributed by atoms with Crippen molar-refractivity contribution < 1.29 is 10.2 Å². The number of aliphatic imine (C=N–C) groups is 1. The predicted octanol–water partition coefficient (Wildman–Crippen LogP) is 3.08. The average Bonchev–Trinajstić information content (AvgIpc) is 2.52. The largest absolute Gasteiger partial charge is 0.394 e. The molecule has 5 nitrogen and oxygen atoms in total. The molecule has 0 saturated carbocycles. The van der Waals surface area contributed by atoms with Gasteiger partial charge in [-0.1, -0.05) is 57.2 Å². The highest BCUT2D eigenvalue weighted by molar-refractivity contribution is 6.29. The summed E-state index contributed by atoms with van der Waals surface area (Å²) in [5.41, 5.74) is 0.874. The minimum atomic E-state index is -0.824. The van der Waals surface area contributed by atoms with Crippen LogP contribution in [0.25, 0.3) is 0 Å². The van der Waals surface area contributed by atoms with E-state index in [2.05, 4.69) is 43.0 Å². The van der Waals surface area contributed by atoms with Crippen LogP contribution in [-0.4, -0.2) is 42.5 Å². The third kappa shape index (κ3) is 12.5. The topological polar surface area (TPSA) is 76.9 Å². The van der Waals surface area contributed by atoms with Crippen LogP contribution < -0.4 is 10.6 Å². The number of aliphatic hydroxyl groups is 2. The van der Waals surface area contributed by atoms with E-state index in [-0.39, 0.29) is 18.1 Å². The van der Waals surface area contributed by atoms with Gasteiger partial charge in [0, 0.05) is 24.7 Å².